The summed E-state index contributed by atoms with van der Waals surface area (Å²) in [6.45, 7) is 4.05. The van der Waals surface area contributed by atoms with Crippen molar-refractivity contribution in [2.75, 3.05) is 0 Å². The maximum Gasteiger partial charge on any atom is 0.224 e. The van der Waals surface area contributed by atoms with Crippen LogP contribution in [0.25, 0.3) is 10.9 Å². The zero-order chi connectivity index (χ0) is 13.6. The molecule has 0 saturated heterocycles. The number of primary amides is 1. The summed E-state index contributed by atoms with van der Waals surface area (Å²) < 4.78 is 0. The van der Waals surface area contributed by atoms with Gasteiger partial charge in [0.15, 0.2) is 0 Å². The van der Waals surface area contributed by atoms with Crippen molar-refractivity contribution in [2.24, 2.45) is 11.1 Å². The minimum atomic E-state index is -0.437. The lowest BCUT2D eigenvalue weighted by Crippen LogP contribution is -2.34. The number of rotatable bonds is 2. The van der Waals surface area contributed by atoms with E-state index in [0.717, 1.165) is 35.9 Å². The molecule has 1 atom stereocenters. The van der Waals surface area contributed by atoms with Gasteiger partial charge >= 0.3 is 0 Å². The van der Waals surface area contributed by atoms with Gasteiger partial charge in [-0.15, -0.1) is 0 Å². The van der Waals surface area contributed by atoms with Crippen LogP contribution in [0.3, 0.4) is 0 Å². The Bertz CT molecular complexity index is 678. The molecule has 98 valence electrons. The number of carbonyl (C=O) groups excluding carboxylic acids is 1. The number of aromatic nitrogens is 1. The van der Waals surface area contributed by atoms with Gasteiger partial charge in [0.1, 0.15) is 0 Å². The summed E-state index contributed by atoms with van der Waals surface area (Å²) in [4.78, 5) is 16.2. The summed E-state index contributed by atoms with van der Waals surface area (Å²) in [6, 6.07) is 8.46. The average molecular weight is 254 g/mol. The van der Waals surface area contributed by atoms with Crippen molar-refractivity contribution in [1.29, 1.82) is 0 Å². The van der Waals surface area contributed by atoms with Crippen molar-refractivity contribution in [3.05, 3.63) is 41.1 Å². The van der Waals surface area contributed by atoms with Crippen LogP contribution in [0.15, 0.2) is 24.3 Å². The Morgan fingerprint density at radius 2 is 2.00 bits per heavy atom. The normalized spacial score (nSPS) is 21.6. The van der Waals surface area contributed by atoms with Crippen molar-refractivity contribution >= 4 is 16.8 Å². The van der Waals surface area contributed by atoms with Crippen LogP contribution in [-0.4, -0.2) is 10.9 Å². The average Bonchev–Trinajstić information content (AvgIpc) is 2.72. The molecule has 0 radical (unpaired) electrons. The smallest absolute Gasteiger partial charge is 0.224 e. The zero-order valence-corrected chi connectivity index (χ0v) is 11.4. The third-order valence-electron chi connectivity index (χ3n) is 4.19. The summed E-state index contributed by atoms with van der Waals surface area (Å²) >= 11 is 0. The molecule has 0 bridgehead atoms. The molecule has 1 aromatic carbocycles. The molecule has 0 fully saturated rings. The van der Waals surface area contributed by atoms with E-state index in [1.54, 1.807) is 0 Å². The van der Waals surface area contributed by atoms with E-state index < -0.39 is 5.41 Å². The van der Waals surface area contributed by atoms with E-state index in [1.165, 1.54) is 11.1 Å². The Kier molecular flexibility index (Phi) is 2.59. The first kappa shape index (κ1) is 12.2. The molecule has 19 heavy (non-hydrogen) atoms. The van der Waals surface area contributed by atoms with E-state index in [-0.39, 0.29) is 5.91 Å². The zero-order valence-electron chi connectivity index (χ0n) is 11.4. The van der Waals surface area contributed by atoms with Gasteiger partial charge in [-0.1, -0.05) is 19.9 Å². The number of hydrogen-bond donors (Lipinski definition) is 1. The van der Waals surface area contributed by atoms with Gasteiger partial charge in [-0.25, -0.2) is 0 Å². The second-order valence-corrected chi connectivity index (χ2v) is 5.75. The molecule has 1 unspecified atom stereocenters. The first-order valence-corrected chi connectivity index (χ1v) is 6.73. The molecule has 1 heterocycles. The fraction of sp³-hybridized carbons (Fsp3) is 0.375. The first-order chi connectivity index (χ1) is 9.01. The van der Waals surface area contributed by atoms with Gasteiger partial charge in [0.2, 0.25) is 5.91 Å². The number of nitrogens with zero attached hydrogens (tertiary/aromatic N) is 1. The molecule has 1 aliphatic carbocycles. The summed E-state index contributed by atoms with van der Waals surface area (Å²) in [6.07, 6.45) is 2.40. The number of nitrogens with two attached hydrogens (primary N) is 1. The second-order valence-electron chi connectivity index (χ2n) is 5.75. The van der Waals surface area contributed by atoms with Crippen LogP contribution in [0.2, 0.25) is 0 Å². The van der Waals surface area contributed by atoms with Gasteiger partial charge in [-0.3, -0.25) is 9.78 Å². The SMILES string of the molecule is CCc1ccc2cc3c(cc2n1)CC(C)(C(N)=O)C3. The van der Waals surface area contributed by atoms with Gasteiger partial charge in [-0.2, -0.15) is 0 Å². The molecular formula is C16H18N2O. The van der Waals surface area contributed by atoms with Crippen LogP contribution in [0.4, 0.5) is 0 Å². The summed E-state index contributed by atoms with van der Waals surface area (Å²) in [5.74, 6) is -0.213. The number of hydrogen-bond acceptors (Lipinski definition) is 2. The van der Waals surface area contributed by atoms with E-state index in [9.17, 15) is 4.79 Å². The molecule has 1 amide bonds. The van der Waals surface area contributed by atoms with Crippen molar-refractivity contribution in [3.63, 3.8) is 0 Å². The van der Waals surface area contributed by atoms with Crippen LogP contribution in [0, 0.1) is 5.41 Å². The van der Waals surface area contributed by atoms with E-state index in [2.05, 4.69) is 36.2 Å². The lowest BCUT2D eigenvalue weighted by Gasteiger charge is -2.17. The highest BCUT2D eigenvalue weighted by Gasteiger charge is 2.38. The van der Waals surface area contributed by atoms with E-state index >= 15 is 0 Å². The molecule has 3 nitrogen and oxygen atoms in total. The van der Waals surface area contributed by atoms with Gasteiger partial charge in [0.05, 0.1) is 10.9 Å². The third-order valence-corrected chi connectivity index (χ3v) is 4.19. The monoisotopic (exact) mass is 254 g/mol. The van der Waals surface area contributed by atoms with E-state index in [0.29, 0.717) is 0 Å². The van der Waals surface area contributed by atoms with Crippen molar-refractivity contribution < 1.29 is 4.79 Å². The quantitative estimate of drug-likeness (QED) is 0.894. The Balaban J connectivity index is 2.11. The van der Waals surface area contributed by atoms with Crippen LogP contribution in [-0.2, 0) is 24.1 Å². The standard InChI is InChI=1S/C16H18N2O/c1-3-13-5-4-10-6-11-8-16(2,15(17)19)9-12(11)7-14(10)18-13/h4-7H,3,8-9H2,1-2H3,(H2,17,19). The number of fused-ring (bicyclic) bond motifs is 2. The highest BCUT2D eigenvalue weighted by atomic mass is 16.1. The van der Waals surface area contributed by atoms with E-state index in [4.69, 9.17) is 5.73 Å². The predicted molar refractivity (Wildman–Crippen MR) is 75.8 cm³/mol. The third kappa shape index (κ3) is 1.89. The number of carbonyl (C=O) groups is 1. The topological polar surface area (TPSA) is 56.0 Å². The number of pyridine rings is 1. The maximum absolute atomic E-state index is 11.6. The molecular weight excluding hydrogens is 236 g/mol. The molecule has 1 aliphatic rings. The Labute approximate surface area is 112 Å². The highest BCUT2D eigenvalue weighted by molar-refractivity contribution is 5.85. The Hall–Kier alpha value is -1.90. The minimum Gasteiger partial charge on any atom is -0.369 e. The van der Waals surface area contributed by atoms with Crippen molar-refractivity contribution in [3.8, 4) is 0 Å². The molecule has 0 spiro atoms. The lowest BCUT2D eigenvalue weighted by atomic mass is 9.87. The Morgan fingerprint density at radius 1 is 1.32 bits per heavy atom. The lowest BCUT2D eigenvalue weighted by molar-refractivity contribution is -0.126. The van der Waals surface area contributed by atoms with E-state index in [1.807, 2.05) is 6.92 Å². The summed E-state index contributed by atoms with van der Waals surface area (Å²) in [5.41, 5.74) is 9.66. The number of aryl methyl sites for hydroxylation is 1. The van der Waals surface area contributed by atoms with Gasteiger partial charge in [0.25, 0.3) is 0 Å². The minimum absolute atomic E-state index is 0.213. The van der Waals surface area contributed by atoms with Crippen molar-refractivity contribution in [1.82, 2.24) is 4.98 Å². The fourth-order valence-electron chi connectivity index (χ4n) is 2.91. The summed E-state index contributed by atoms with van der Waals surface area (Å²) in [5, 5.41) is 1.14. The maximum atomic E-state index is 11.6. The van der Waals surface area contributed by atoms with Crippen molar-refractivity contribution in [2.45, 2.75) is 33.1 Å². The van der Waals surface area contributed by atoms with Crippen LogP contribution >= 0.6 is 0 Å². The van der Waals surface area contributed by atoms with Gasteiger partial charge in [-0.05, 0) is 48.6 Å². The van der Waals surface area contributed by atoms with Gasteiger partial charge in [0, 0.05) is 11.1 Å². The van der Waals surface area contributed by atoms with Crippen LogP contribution in [0.5, 0.6) is 0 Å². The number of amides is 1. The summed E-state index contributed by atoms with van der Waals surface area (Å²) in [7, 11) is 0. The first-order valence-electron chi connectivity index (χ1n) is 6.73. The molecule has 1 aromatic heterocycles. The molecule has 3 heteroatoms. The van der Waals surface area contributed by atoms with Gasteiger partial charge < -0.3 is 5.73 Å². The molecule has 2 N–H and O–H groups in total. The predicted octanol–water partition coefficient (Wildman–Crippen LogP) is 2.39. The molecule has 0 aliphatic heterocycles. The second kappa shape index (κ2) is 4.05. The number of benzene rings is 1. The van der Waals surface area contributed by atoms with Crippen LogP contribution in [0.1, 0.15) is 30.7 Å². The molecule has 2 aromatic rings. The highest BCUT2D eigenvalue weighted by Crippen LogP contribution is 2.38. The molecule has 3 rings (SSSR count). The largest absolute Gasteiger partial charge is 0.369 e. The Morgan fingerprint density at radius 3 is 2.63 bits per heavy atom. The fourth-order valence-corrected chi connectivity index (χ4v) is 2.91. The molecule has 0 saturated carbocycles. The van der Waals surface area contributed by atoms with Crippen LogP contribution < -0.4 is 5.73 Å².